The molecule has 2 amide bonds. The number of rotatable bonds is 3. The van der Waals surface area contributed by atoms with Crippen molar-refractivity contribution in [3.63, 3.8) is 0 Å². The van der Waals surface area contributed by atoms with Crippen molar-refractivity contribution in [1.82, 2.24) is 14.4 Å². The van der Waals surface area contributed by atoms with Gasteiger partial charge in [-0.25, -0.2) is 0 Å². The van der Waals surface area contributed by atoms with Gasteiger partial charge in [0.05, 0.1) is 0 Å². The second-order valence-electron chi connectivity index (χ2n) is 6.41. The van der Waals surface area contributed by atoms with Crippen molar-refractivity contribution in [3.8, 4) is 5.69 Å². The van der Waals surface area contributed by atoms with Crippen molar-refractivity contribution in [1.29, 1.82) is 0 Å². The van der Waals surface area contributed by atoms with Crippen LogP contribution >= 0.6 is 0 Å². The Balaban J connectivity index is 1.62. The minimum absolute atomic E-state index is 0.00785. The van der Waals surface area contributed by atoms with Gasteiger partial charge in [0, 0.05) is 55.7 Å². The Bertz CT molecular complexity index is 697. The molecule has 1 saturated heterocycles. The highest BCUT2D eigenvalue weighted by Gasteiger charge is 2.25. The van der Waals surface area contributed by atoms with Crippen LogP contribution in [0.5, 0.6) is 0 Å². The molecule has 0 N–H and O–H groups in total. The summed E-state index contributed by atoms with van der Waals surface area (Å²) in [5, 5.41) is 0. The monoisotopic (exact) mass is 325 g/mol. The molecule has 0 unspecified atom stereocenters. The highest BCUT2D eigenvalue weighted by atomic mass is 16.2. The fourth-order valence-corrected chi connectivity index (χ4v) is 2.96. The van der Waals surface area contributed by atoms with E-state index < -0.39 is 0 Å². The van der Waals surface area contributed by atoms with Crippen molar-refractivity contribution >= 4 is 11.8 Å². The van der Waals surface area contributed by atoms with Gasteiger partial charge in [-0.3, -0.25) is 9.59 Å². The Morgan fingerprint density at radius 1 is 0.875 bits per heavy atom. The number of aromatic nitrogens is 1. The molecule has 24 heavy (non-hydrogen) atoms. The lowest BCUT2D eigenvalue weighted by Crippen LogP contribution is -2.51. The average Bonchev–Trinajstić information content (AvgIpc) is 3.15. The average molecular weight is 325 g/mol. The molecule has 2 aromatic rings. The van der Waals surface area contributed by atoms with Crippen LogP contribution in [0.3, 0.4) is 0 Å². The van der Waals surface area contributed by atoms with Crippen LogP contribution in [0.25, 0.3) is 5.69 Å². The fraction of sp³-hybridized carbons (Fsp3) is 0.368. The Kier molecular flexibility index (Phi) is 4.69. The molecule has 0 atom stereocenters. The summed E-state index contributed by atoms with van der Waals surface area (Å²) in [6, 6.07) is 11.6. The van der Waals surface area contributed by atoms with Crippen LogP contribution in [-0.2, 0) is 4.79 Å². The van der Waals surface area contributed by atoms with E-state index in [-0.39, 0.29) is 17.7 Å². The van der Waals surface area contributed by atoms with Crippen molar-refractivity contribution < 1.29 is 9.59 Å². The molecule has 0 saturated carbocycles. The fourth-order valence-electron chi connectivity index (χ4n) is 2.96. The Hall–Kier alpha value is -2.56. The van der Waals surface area contributed by atoms with Gasteiger partial charge in [-0.1, -0.05) is 13.8 Å². The standard InChI is InChI=1S/C19H23N3O2/c1-15(2)18(23)21-11-13-22(14-12-21)19(24)16-5-7-17(8-6-16)20-9-3-4-10-20/h3-10,15H,11-14H2,1-2H3. The third kappa shape index (κ3) is 3.35. The minimum atomic E-state index is 0.00785. The first-order valence-corrected chi connectivity index (χ1v) is 8.38. The maximum absolute atomic E-state index is 12.6. The molecule has 0 radical (unpaired) electrons. The van der Waals surface area contributed by atoms with Crippen LogP contribution < -0.4 is 0 Å². The Morgan fingerprint density at radius 2 is 1.42 bits per heavy atom. The van der Waals surface area contributed by atoms with Crippen molar-refractivity contribution in [2.45, 2.75) is 13.8 Å². The van der Waals surface area contributed by atoms with E-state index in [1.54, 1.807) is 0 Å². The van der Waals surface area contributed by atoms with E-state index >= 15 is 0 Å². The van der Waals surface area contributed by atoms with E-state index in [9.17, 15) is 9.59 Å². The van der Waals surface area contributed by atoms with Crippen LogP contribution in [0.4, 0.5) is 0 Å². The van der Waals surface area contributed by atoms with Crippen molar-refractivity contribution in [2.24, 2.45) is 5.92 Å². The number of hydrogen-bond donors (Lipinski definition) is 0. The number of benzene rings is 1. The predicted octanol–water partition coefficient (Wildman–Crippen LogP) is 2.42. The van der Waals surface area contributed by atoms with Crippen LogP contribution in [0.2, 0.25) is 0 Å². The molecule has 5 nitrogen and oxygen atoms in total. The van der Waals surface area contributed by atoms with Gasteiger partial charge in [0.2, 0.25) is 5.91 Å². The second-order valence-corrected chi connectivity index (χ2v) is 6.41. The summed E-state index contributed by atoms with van der Waals surface area (Å²) in [7, 11) is 0. The molecular formula is C19H23N3O2. The molecule has 1 aromatic heterocycles. The van der Waals surface area contributed by atoms with Gasteiger partial charge in [0.25, 0.3) is 5.91 Å². The molecule has 1 fully saturated rings. The first kappa shape index (κ1) is 16.3. The molecule has 0 aliphatic carbocycles. The van der Waals surface area contributed by atoms with Crippen LogP contribution in [0, 0.1) is 5.92 Å². The van der Waals surface area contributed by atoms with Crippen LogP contribution in [0.1, 0.15) is 24.2 Å². The van der Waals surface area contributed by atoms with E-state index in [2.05, 4.69) is 0 Å². The quantitative estimate of drug-likeness (QED) is 0.870. The van der Waals surface area contributed by atoms with Crippen LogP contribution in [0.15, 0.2) is 48.8 Å². The van der Waals surface area contributed by atoms with E-state index in [4.69, 9.17) is 0 Å². The SMILES string of the molecule is CC(C)C(=O)N1CCN(C(=O)c2ccc(-n3cccc3)cc2)CC1. The summed E-state index contributed by atoms with van der Waals surface area (Å²) in [6.45, 7) is 6.24. The summed E-state index contributed by atoms with van der Waals surface area (Å²) < 4.78 is 2.00. The number of hydrogen-bond acceptors (Lipinski definition) is 2. The van der Waals surface area contributed by atoms with Gasteiger partial charge < -0.3 is 14.4 Å². The summed E-state index contributed by atoms with van der Waals surface area (Å²) in [5.41, 5.74) is 1.72. The van der Waals surface area contributed by atoms with Crippen molar-refractivity contribution in [3.05, 3.63) is 54.4 Å². The number of nitrogens with zero attached hydrogens (tertiary/aromatic N) is 3. The molecule has 5 heteroatoms. The Labute approximate surface area is 142 Å². The lowest BCUT2D eigenvalue weighted by Gasteiger charge is -2.35. The van der Waals surface area contributed by atoms with Gasteiger partial charge in [-0.15, -0.1) is 0 Å². The predicted molar refractivity (Wildman–Crippen MR) is 93.1 cm³/mol. The van der Waals surface area contributed by atoms with E-state index in [1.165, 1.54) is 0 Å². The van der Waals surface area contributed by atoms with E-state index in [0.717, 1.165) is 5.69 Å². The molecule has 0 spiro atoms. The minimum Gasteiger partial charge on any atom is -0.339 e. The zero-order chi connectivity index (χ0) is 17.1. The third-order valence-electron chi connectivity index (χ3n) is 4.39. The summed E-state index contributed by atoms with van der Waals surface area (Å²) in [6.07, 6.45) is 3.95. The zero-order valence-corrected chi connectivity index (χ0v) is 14.2. The lowest BCUT2D eigenvalue weighted by atomic mass is 10.1. The number of amides is 2. The number of carbonyl (C=O) groups is 2. The first-order chi connectivity index (χ1) is 11.6. The Morgan fingerprint density at radius 3 is 1.96 bits per heavy atom. The lowest BCUT2D eigenvalue weighted by molar-refractivity contribution is -0.135. The first-order valence-electron chi connectivity index (χ1n) is 8.38. The highest BCUT2D eigenvalue weighted by molar-refractivity contribution is 5.94. The topological polar surface area (TPSA) is 45.6 Å². The maximum atomic E-state index is 12.6. The molecule has 2 heterocycles. The molecule has 1 aromatic carbocycles. The molecule has 126 valence electrons. The number of carbonyl (C=O) groups excluding carboxylic acids is 2. The zero-order valence-electron chi connectivity index (χ0n) is 14.2. The van der Waals surface area contributed by atoms with Crippen LogP contribution in [-0.4, -0.2) is 52.4 Å². The molecule has 0 bridgehead atoms. The molecule has 1 aliphatic rings. The van der Waals surface area contributed by atoms with E-state index in [0.29, 0.717) is 31.7 Å². The van der Waals surface area contributed by atoms with Gasteiger partial charge in [-0.05, 0) is 36.4 Å². The molecule has 3 rings (SSSR count). The van der Waals surface area contributed by atoms with Gasteiger partial charge in [0.15, 0.2) is 0 Å². The summed E-state index contributed by atoms with van der Waals surface area (Å²) in [4.78, 5) is 28.3. The third-order valence-corrected chi connectivity index (χ3v) is 4.39. The van der Waals surface area contributed by atoms with Crippen molar-refractivity contribution in [2.75, 3.05) is 26.2 Å². The van der Waals surface area contributed by atoms with E-state index in [1.807, 2.05) is 77.0 Å². The summed E-state index contributed by atoms with van der Waals surface area (Å²) in [5.74, 6) is 0.206. The van der Waals surface area contributed by atoms with Gasteiger partial charge in [0.1, 0.15) is 0 Å². The smallest absolute Gasteiger partial charge is 0.253 e. The molecular weight excluding hydrogens is 302 g/mol. The second kappa shape index (κ2) is 6.91. The normalized spacial score (nSPS) is 15.0. The largest absolute Gasteiger partial charge is 0.339 e. The van der Waals surface area contributed by atoms with Gasteiger partial charge in [-0.2, -0.15) is 0 Å². The maximum Gasteiger partial charge on any atom is 0.253 e. The van der Waals surface area contributed by atoms with Gasteiger partial charge >= 0.3 is 0 Å². The summed E-state index contributed by atoms with van der Waals surface area (Å²) >= 11 is 0. The number of piperazine rings is 1. The molecule has 1 aliphatic heterocycles. The highest BCUT2D eigenvalue weighted by Crippen LogP contribution is 2.14.